The smallest absolute Gasteiger partial charge is 0.224 e. The Balaban J connectivity index is 1.70. The Labute approximate surface area is 142 Å². The Morgan fingerprint density at radius 3 is 2.82 bits per heavy atom. The van der Waals surface area contributed by atoms with Crippen molar-refractivity contribution in [2.45, 2.75) is 12.8 Å². The van der Waals surface area contributed by atoms with Gasteiger partial charge in [0, 0.05) is 17.7 Å². The van der Waals surface area contributed by atoms with Crippen LogP contribution >= 0.6 is 22.6 Å². The second-order valence-electron chi connectivity index (χ2n) is 5.06. The first-order valence-corrected chi connectivity index (χ1v) is 8.04. The molecular weight excluding hydrogens is 393 g/mol. The van der Waals surface area contributed by atoms with Crippen molar-refractivity contribution >= 4 is 40.0 Å². The molecule has 5 heteroatoms. The minimum Gasteiger partial charge on any atom is -0.484 e. The van der Waals surface area contributed by atoms with Gasteiger partial charge in [-0.05, 0) is 64.9 Å². The second kappa shape index (κ2) is 6.48. The molecule has 2 aromatic rings. The van der Waals surface area contributed by atoms with E-state index in [4.69, 9.17) is 4.74 Å². The molecule has 0 radical (unpaired) electrons. The first-order chi connectivity index (χ1) is 10.6. The number of anilines is 1. The van der Waals surface area contributed by atoms with E-state index in [0.717, 1.165) is 14.8 Å². The van der Waals surface area contributed by atoms with E-state index in [1.165, 1.54) is 0 Å². The number of ether oxygens (including phenoxy) is 1. The molecule has 1 N–H and O–H groups in total. The molecule has 1 aliphatic rings. The SMILES string of the molecule is O=C1CCc2cc(C(=O)COc3ccccc3I)ccc2N1. The number of benzene rings is 2. The predicted octanol–water partition coefficient (Wildman–Crippen LogP) is 3.44. The van der Waals surface area contributed by atoms with Gasteiger partial charge >= 0.3 is 0 Å². The number of carbonyl (C=O) groups is 2. The van der Waals surface area contributed by atoms with Crippen LogP contribution in [0.1, 0.15) is 22.3 Å². The zero-order valence-electron chi connectivity index (χ0n) is 11.8. The number of rotatable bonds is 4. The third kappa shape index (κ3) is 3.30. The number of Topliss-reactive ketones (excluding diaryl/α,β-unsaturated/α-hetero) is 1. The average Bonchev–Trinajstić information content (AvgIpc) is 2.53. The van der Waals surface area contributed by atoms with Crippen molar-refractivity contribution in [2.75, 3.05) is 11.9 Å². The van der Waals surface area contributed by atoms with Gasteiger partial charge < -0.3 is 10.1 Å². The number of para-hydroxylation sites is 1. The number of hydrogen-bond acceptors (Lipinski definition) is 3. The largest absolute Gasteiger partial charge is 0.484 e. The first kappa shape index (κ1) is 15.0. The lowest BCUT2D eigenvalue weighted by atomic mass is 9.99. The lowest BCUT2D eigenvalue weighted by Crippen LogP contribution is -2.20. The van der Waals surface area contributed by atoms with E-state index >= 15 is 0 Å². The zero-order valence-corrected chi connectivity index (χ0v) is 13.9. The normalized spacial score (nSPS) is 13.2. The highest BCUT2D eigenvalue weighted by Crippen LogP contribution is 2.24. The van der Waals surface area contributed by atoms with E-state index in [2.05, 4.69) is 27.9 Å². The Hall–Kier alpha value is -1.89. The van der Waals surface area contributed by atoms with Crippen LogP contribution in [0.15, 0.2) is 42.5 Å². The maximum Gasteiger partial charge on any atom is 0.224 e. The molecule has 112 valence electrons. The summed E-state index contributed by atoms with van der Waals surface area (Å²) in [4.78, 5) is 23.6. The minimum absolute atomic E-state index is 0.00512. The summed E-state index contributed by atoms with van der Waals surface area (Å²) in [6, 6.07) is 12.9. The van der Waals surface area contributed by atoms with Crippen molar-refractivity contribution in [2.24, 2.45) is 0 Å². The van der Waals surface area contributed by atoms with Crippen molar-refractivity contribution < 1.29 is 14.3 Å². The molecule has 1 amide bonds. The van der Waals surface area contributed by atoms with E-state index in [9.17, 15) is 9.59 Å². The topological polar surface area (TPSA) is 55.4 Å². The average molecular weight is 407 g/mol. The van der Waals surface area contributed by atoms with Gasteiger partial charge in [0.1, 0.15) is 5.75 Å². The fourth-order valence-electron chi connectivity index (χ4n) is 2.35. The molecular formula is C17H14INO3. The van der Waals surface area contributed by atoms with Gasteiger partial charge in [0.15, 0.2) is 12.4 Å². The van der Waals surface area contributed by atoms with Gasteiger partial charge in [-0.15, -0.1) is 0 Å². The Bertz CT molecular complexity index is 742. The van der Waals surface area contributed by atoms with Gasteiger partial charge in [0.05, 0.1) is 3.57 Å². The van der Waals surface area contributed by atoms with Crippen LogP contribution in [0.3, 0.4) is 0 Å². The number of aryl methyl sites for hydroxylation is 1. The van der Waals surface area contributed by atoms with E-state index in [0.29, 0.717) is 24.2 Å². The van der Waals surface area contributed by atoms with Crippen LogP contribution in [0, 0.1) is 3.57 Å². The maximum absolute atomic E-state index is 12.3. The molecule has 0 unspecified atom stereocenters. The molecule has 0 bridgehead atoms. The molecule has 22 heavy (non-hydrogen) atoms. The maximum atomic E-state index is 12.3. The standard InChI is InChI=1S/C17H14INO3/c18-13-3-1-2-4-16(13)22-10-15(20)12-5-7-14-11(9-12)6-8-17(21)19-14/h1-5,7,9H,6,8,10H2,(H,19,21). The fraction of sp³-hybridized carbons (Fsp3) is 0.176. The van der Waals surface area contributed by atoms with Crippen LogP contribution in [0.5, 0.6) is 5.75 Å². The highest BCUT2D eigenvalue weighted by molar-refractivity contribution is 14.1. The Morgan fingerprint density at radius 2 is 2.00 bits per heavy atom. The summed E-state index contributed by atoms with van der Waals surface area (Å²) in [7, 11) is 0. The van der Waals surface area contributed by atoms with Crippen LogP contribution in [0.25, 0.3) is 0 Å². The molecule has 0 saturated heterocycles. The van der Waals surface area contributed by atoms with Crippen LogP contribution < -0.4 is 10.1 Å². The van der Waals surface area contributed by atoms with Gasteiger partial charge in [-0.3, -0.25) is 9.59 Å². The van der Waals surface area contributed by atoms with Crippen LogP contribution in [-0.2, 0) is 11.2 Å². The molecule has 0 saturated carbocycles. The Morgan fingerprint density at radius 1 is 1.18 bits per heavy atom. The van der Waals surface area contributed by atoms with E-state index in [1.54, 1.807) is 12.1 Å². The third-order valence-corrected chi connectivity index (χ3v) is 4.41. The zero-order chi connectivity index (χ0) is 15.5. The molecule has 1 aliphatic heterocycles. The summed E-state index contributed by atoms with van der Waals surface area (Å²) in [5.41, 5.74) is 2.41. The number of hydrogen-bond donors (Lipinski definition) is 1. The molecule has 0 atom stereocenters. The fourth-order valence-corrected chi connectivity index (χ4v) is 2.89. The van der Waals surface area contributed by atoms with Crippen LogP contribution in [0.2, 0.25) is 0 Å². The number of halogens is 1. The molecule has 4 nitrogen and oxygen atoms in total. The number of ketones is 1. The first-order valence-electron chi connectivity index (χ1n) is 6.97. The van der Waals surface area contributed by atoms with Crippen molar-refractivity contribution in [3.8, 4) is 5.75 Å². The van der Waals surface area contributed by atoms with Gasteiger partial charge in [-0.1, -0.05) is 12.1 Å². The third-order valence-electron chi connectivity index (χ3n) is 3.52. The number of nitrogens with one attached hydrogen (secondary N) is 1. The molecule has 0 aromatic heterocycles. The van der Waals surface area contributed by atoms with Crippen molar-refractivity contribution in [3.63, 3.8) is 0 Å². The second-order valence-corrected chi connectivity index (χ2v) is 6.22. The highest BCUT2D eigenvalue weighted by Gasteiger charge is 2.17. The highest BCUT2D eigenvalue weighted by atomic mass is 127. The lowest BCUT2D eigenvalue weighted by molar-refractivity contribution is -0.116. The van der Waals surface area contributed by atoms with E-state index < -0.39 is 0 Å². The van der Waals surface area contributed by atoms with E-state index in [1.807, 2.05) is 30.3 Å². The van der Waals surface area contributed by atoms with E-state index in [-0.39, 0.29) is 18.3 Å². The molecule has 1 heterocycles. The minimum atomic E-state index is -0.0700. The van der Waals surface area contributed by atoms with Gasteiger partial charge in [-0.2, -0.15) is 0 Å². The molecule has 0 fully saturated rings. The number of amides is 1. The predicted molar refractivity (Wildman–Crippen MR) is 92.4 cm³/mol. The molecule has 0 spiro atoms. The number of carbonyl (C=O) groups excluding carboxylic acids is 2. The monoisotopic (exact) mass is 407 g/mol. The van der Waals surface area contributed by atoms with Crippen molar-refractivity contribution in [3.05, 3.63) is 57.2 Å². The summed E-state index contributed by atoms with van der Waals surface area (Å²) in [5.74, 6) is 0.662. The summed E-state index contributed by atoms with van der Waals surface area (Å²) < 4.78 is 6.56. The quantitative estimate of drug-likeness (QED) is 0.624. The summed E-state index contributed by atoms with van der Waals surface area (Å²) in [6.07, 6.45) is 1.13. The summed E-state index contributed by atoms with van der Waals surface area (Å²) in [6.45, 7) is 0.00512. The summed E-state index contributed by atoms with van der Waals surface area (Å²) >= 11 is 2.18. The lowest BCUT2D eigenvalue weighted by Gasteiger charge is -2.17. The van der Waals surface area contributed by atoms with Gasteiger partial charge in [0.2, 0.25) is 5.91 Å². The number of fused-ring (bicyclic) bond motifs is 1. The molecule has 0 aliphatic carbocycles. The van der Waals surface area contributed by atoms with Crippen LogP contribution in [0.4, 0.5) is 5.69 Å². The van der Waals surface area contributed by atoms with Crippen molar-refractivity contribution in [1.29, 1.82) is 0 Å². The van der Waals surface area contributed by atoms with Gasteiger partial charge in [0.25, 0.3) is 0 Å². The summed E-state index contributed by atoms with van der Waals surface area (Å²) in [5, 5.41) is 2.81. The molecule has 3 rings (SSSR count). The van der Waals surface area contributed by atoms with Crippen molar-refractivity contribution in [1.82, 2.24) is 0 Å². The van der Waals surface area contributed by atoms with Gasteiger partial charge in [-0.25, -0.2) is 0 Å². The Kier molecular flexibility index (Phi) is 4.42. The van der Waals surface area contributed by atoms with Crippen LogP contribution in [-0.4, -0.2) is 18.3 Å². The molecule has 2 aromatic carbocycles.